The zero-order chi connectivity index (χ0) is 19.3. The first-order valence-electron chi connectivity index (χ1n) is 8.56. The fourth-order valence-electron chi connectivity index (χ4n) is 2.90. The number of nitrogens with zero attached hydrogens (tertiary/aromatic N) is 1. The maximum absolute atomic E-state index is 12.3. The molecule has 3 rings (SSSR count). The number of likely N-dealkylation sites (tertiary alicyclic amines) is 1. The molecule has 1 fully saturated rings. The summed E-state index contributed by atoms with van der Waals surface area (Å²) < 4.78 is 31.2. The first-order valence-corrected chi connectivity index (χ1v) is 10.1. The largest absolute Gasteiger partial charge is 0.472 e. The molecule has 0 radical (unpaired) electrons. The second-order valence-electron chi connectivity index (χ2n) is 6.30. The smallest absolute Gasteiger partial charge is 0.257 e. The van der Waals surface area contributed by atoms with Crippen molar-refractivity contribution in [3.63, 3.8) is 0 Å². The highest BCUT2D eigenvalue weighted by atomic mass is 32.2. The summed E-state index contributed by atoms with van der Waals surface area (Å²) in [7, 11) is -3.87. The molecular weight excluding hydrogens is 368 g/mol. The van der Waals surface area contributed by atoms with Gasteiger partial charge in [0.15, 0.2) is 0 Å². The number of carbonyl (C=O) groups excluding carboxylic acids is 2. The topological polar surface area (TPSA) is 96.7 Å². The summed E-state index contributed by atoms with van der Waals surface area (Å²) >= 11 is 0. The van der Waals surface area contributed by atoms with E-state index in [1.54, 1.807) is 35.2 Å². The van der Waals surface area contributed by atoms with Crippen LogP contribution in [-0.2, 0) is 14.8 Å². The van der Waals surface area contributed by atoms with Gasteiger partial charge in [-0.2, -0.15) is 0 Å². The molecule has 27 heavy (non-hydrogen) atoms. The molecule has 2 aromatic rings. The van der Waals surface area contributed by atoms with Crippen LogP contribution in [-0.4, -0.2) is 38.2 Å². The van der Waals surface area contributed by atoms with Gasteiger partial charge in [-0.25, -0.2) is 13.1 Å². The average Bonchev–Trinajstić information content (AvgIpc) is 3.21. The van der Waals surface area contributed by atoms with E-state index in [0.717, 1.165) is 11.0 Å². The number of amides is 2. The molecule has 142 valence electrons. The Morgan fingerprint density at radius 3 is 2.44 bits per heavy atom. The number of carbonyl (C=O) groups is 2. The Bertz CT molecular complexity index is 912. The van der Waals surface area contributed by atoms with Crippen molar-refractivity contribution in [1.29, 1.82) is 0 Å². The molecule has 1 N–H and O–H groups in total. The van der Waals surface area contributed by atoms with Crippen LogP contribution in [0.4, 0.5) is 0 Å². The van der Waals surface area contributed by atoms with Gasteiger partial charge in [-0.1, -0.05) is 30.3 Å². The second-order valence-corrected chi connectivity index (χ2v) is 7.87. The Labute approximate surface area is 157 Å². The highest BCUT2D eigenvalue weighted by Gasteiger charge is 2.29. The molecule has 1 aromatic heterocycles. The summed E-state index contributed by atoms with van der Waals surface area (Å²) in [6.07, 6.45) is 5.07. The number of benzene rings is 1. The Balaban J connectivity index is 1.53. The van der Waals surface area contributed by atoms with Gasteiger partial charge in [0.2, 0.25) is 5.91 Å². The fraction of sp³-hybridized carbons (Fsp3) is 0.263. The standard InChI is InChI=1S/C19H20N2O5S/c22-18(20-27(24,25)13-9-15-4-2-1-3-5-15)16-6-10-21(11-7-16)19(23)17-8-12-26-14-17/h1-5,8-9,12-14,16H,6-7,10-11H2,(H,20,22)/b13-9+. The van der Waals surface area contributed by atoms with E-state index in [1.165, 1.54) is 18.6 Å². The molecule has 0 atom stereocenters. The minimum Gasteiger partial charge on any atom is -0.472 e. The van der Waals surface area contributed by atoms with Crippen molar-refractivity contribution in [1.82, 2.24) is 9.62 Å². The molecule has 0 aliphatic carbocycles. The number of furan rings is 1. The maximum Gasteiger partial charge on any atom is 0.257 e. The van der Waals surface area contributed by atoms with Gasteiger partial charge in [0.1, 0.15) is 6.26 Å². The predicted molar refractivity (Wildman–Crippen MR) is 99.9 cm³/mol. The molecule has 2 heterocycles. The van der Waals surface area contributed by atoms with Gasteiger partial charge in [-0.05, 0) is 30.5 Å². The van der Waals surface area contributed by atoms with Crippen LogP contribution in [0.3, 0.4) is 0 Å². The Hall–Kier alpha value is -2.87. The number of nitrogens with one attached hydrogen (secondary N) is 1. The van der Waals surface area contributed by atoms with Crippen LogP contribution in [0.25, 0.3) is 6.08 Å². The van der Waals surface area contributed by atoms with Gasteiger partial charge in [-0.3, -0.25) is 9.59 Å². The summed E-state index contributed by atoms with van der Waals surface area (Å²) in [5.74, 6) is -1.14. The van der Waals surface area contributed by atoms with Crippen molar-refractivity contribution in [2.75, 3.05) is 13.1 Å². The van der Waals surface area contributed by atoms with Crippen LogP contribution in [0.15, 0.2) is 58.7 Å². The highest BCUT2D eigenvalue weighted by molar-refractivity contribution is 7.93. The van der Waals surface area contributed by atoms with Crippen molar-refractivity contribution in [2.45, 2.75) is 12.8 Å². The van der Waals surface area contributed by atoms with E-state index in [-0.39, 0.29) is 5.91 Å². The number of piperidine rings is 1. The lowest BCUT2D eigenvalue weighted by Crippen LogP contribution is -2.43. The van der Waals surface area contributed by atoms with Crippen LogP contribution in [0.1, 0.15) is 28.8 Å². The highest BCUT2D eigenvalue weighted by Crippen LogP contribution is 2.20. The maximum atomic E-state index is 12.3. The zero-order valence-electron chi connectivity index (χ0n) is 14.6. The third-order valence-corrected chi connectivity index (χ3v) is 5.38. The molecule has 2 amide bonds. The zero-order valence-corrected chi connectivity index (χ0v) is 15.4. The Morgan fingerprint density at radius 2 is 1.81 bits per heavy atom. The Kier molecular flexibility index (Phi) is 5.75. The third-order valence-electron chi connectivity index (χ3n) is 4.40. The molecule has 1 saturated heterocycles. The van der Waals surface area contributed by atoms with Crippen molar-refractivity contribution in [3.8, 4) is 0 Å². The summed E-state index contributed by atoms with van der Waals surface area (Å²) in [5.41, 5.74) is 1.19. The molecule has 1 aromatic carbocycles. The first kappa shape index (κ1) is 18.9. The molecule has 1 aliphatic heterocycles. The summed E-state index contributed by atoms with van der Waals surface area (Å²) in [6.45, 7) is 0.782. The van der Waals surface area contributed by atoms with Crippen molar-refractivity contribution >= 4 is 27.9 Å². The molecule has 0 saturated carbocycles. The molecule has 1 aliphatic rings. The SMILES string of the molecule is O=C(NS(=O)(=O)/C=C/c1ccccc1)C1CCN(C(=O)c2ccoc2)CC1. The summed E-state index contributed by atoms with van der Waals surface area (Å²) in [5, 5.41) is 0.984. The lowest BCUT2D eigenvalue weighted by atomic mass is 9.96. The van der Waals surface area contributed by atoms with Gasteiger partial charge in [-0.15, -0.1) is 0 Å². The van der Waals surface area contributed by atoms with Crippen LogP contribution >= 0.6 is 0 Å². The first-order chi connectivity index (χ1) is 12.9. The van der Waals surface area contributed by atoms with Gasteiger partial charge in [0.25, 0.3) is 15.9 Å². The van der Waals surface area contributed by atoms with E-state index in [9.17, 15) is 18.0 Å². The number of sulfonamides is 1. The number of hydrogen-bond acceptors (Lipinski definition) is 5. The lowest BCUT2D eigenvalue weighted by Gasteiger charge is -2.30. The summed E-state index contributed by atoms with van der Waals surface area (Å²) in [4.78, 5) is 26.2. The van der Waals surface area contributed by atoms with E-state index < -0.39 is 21.8 Å². The van der Waals surface area contributed by atoms with E-state index in [0.29, 0.717) is 31.5 Å². The molecular formula is C19H20N2O5S. The molecule has 7 nitrogen and oxygen atoms in total. The molecule has 0 spiro atoms. The molecule has 0 unspecified atom stereocenters. The van der Waals surface area contributed by atoms with Crippen molar-refractivity contribution in [3.05, 3.63) is 65.5 Å². The van der Waals surface area contributed by atoms with Crippen LogP contribution in [0.5, 0.6) is 0 Å². The van der Waals surface area contributed by atoms with Crippen molar-refractivity contribution < 1.29 is 22.4 Å². The monoisotopic (exact) mass is 388 g/mol. The van der Waals surface area contributed by atoms with E-state index in [4.69, 9.17) is 4.42 Å². The van der Waals surface area contributed by atoms with Crippen LogP contribution in [0, 0.1) is 5.92 Å². The van der Waals surface area contributed by atoms with Gasteiger partial charge < -0.3 is 9.32 Å². The minimum atomic E-state index is -3.87. The minimum absolute atomic E-state index is 0.152. The average molecular weight is 388 g/mol. The van der Waals surface area contributed by atoms with E-state index in [2.05, 4.69) is 4.72 Å². The lowest BCUT2D eigenvalue weighted by molar-refractivity contribution is -0.124. The molecule has 8 heteroatoms. The van der Waals surface area contributed by atoms with Gasteiger partial charge in [0, 0.05) is 19.0 Å². The third kappa shape index (κ3) is 5.07. The van der Waals surface area contributed by atoms with Crippen LogP contribution in [0.2, 0.25) is 0 Å². The number of hydrogen-bond donors (Lipinski definition) is 1. The van der Waals surface area contributed by atoms with Gasteiger partial charge >= 0.3 is 0 Å². The normalized spacial score (nSPS) is 15.8. The summed E-state index contributed by atoms with van der Waals surface area (Å²) in [6, 6.07) is 10.5. The van der Waals surface area contributed by atoms with E-state index in [1.807, 2.05) is 6.07 Å². The Morgan fingerprint density at radius 1 is 1.11 bits per heavy atom. The van der Waals surface area contributed by atoms with E-state index >= 15 is 0 Å². The van der Waals surface area contributed by atoms with Gasteiger partial charge in [0.05, 0.1) is 17.2 Å². The predicted octanol–water partition coefficient (Wildman–Crippen LogP) is 2.25. The number of rotatable bonds is 5. The molecule has 0 bridgehead atoms. The second kappa shape index (κ2) is 8.22. The van der Waals surface area contributed by atoms with Crippen LogP contribution < -0.4 is 4.72 Å². The fourth-order valence-corrected chi connectivity index (χ4v) is 3.75. The van der Waals surface area contributed by atoms with Crippen molar-refractivity contribution in [2.24, 2.45) is 5.92 Å². The quantitative estimate of drug-likeness (QED) is 0.847.